The molecule has 0 saturated carbocycles. The number of benzene rings is 2. The highest BCUT2D eigenvalue weighted by Crippen LogP contribution is 2.29. The van der Waals surface area contributed by atoms with Crippen LogP contribution in [0.1, 0.15) is 0 Å². The van der Waals surface area contributed by atoms with Crippen LogP contribution in [0.15, 0.2) is 54.7 Å². The number of carbonyl (C=O) groups is 1. The molecular formula is C14H11Br3N2OS. The van der Waals surface area contributed by atoms with Crippen molar-refractivity contribution in [1.82, 2.24) is 0 Å². The summed E-state index contributed by atoms with van der Waals surface area (Å²) >= 11 is 11.6. The smallest absolute Gasteiger partial charge is 0.234 e. The van der Waals surface area contributed by atoms with Gasteiger partial charge in [-0.1, -0.05) is 31.9 Å². The van der Waals surface area contributed by atoms with Crippen LogP contribution in [0.2, 0.25) is 0 Å². The van der Waals surface area contributed by atoms with Crippen LogP contribution >= 0.6 is 59.6 Å². The summed E-state index contributed by atoms with van der Waals surface area (Å²) in [6.45, 7) is 0. The number of halogens is 3. The third-order valence-corrected chi connectivity index (χ3v) is 5.27. The Hall–Kier alpha value is -0.500. The molecule has 2 rings (SSSR count). The van der Waals surface area contributed by atoms with Gasteiger partial charge in [-0.3, -0.25) is 4.79 Å². The van der Waals surface area contributed by atoms with Gasteiger partial charge in [0.1, 0.15) is 0 Å². The highest BCUT2D eigenvalue weighted by Gasteiger charge is 2.08. The summed E-state index contributed by atoms with van der Waals surface area (Å²) in [6, 6.07) is 11.2. The number of rotatable bonds is 4. The predicted molar refractivity (Wildman–Crippen MR) is 99.8 cm³/mol. The van der Waals surface area contributed by atoms with Gasteiger partial charge in [0, 0.05) is 24.0 Å². The van der Waals surface area contributed by atoms with Gasteiger partial charge in [0.05, 0.1) is 11.4 Å². The second-order valence-corrected chi connectivity index (χ2v) is 7.85. The maximum atomic E-state index is 12.0. The van der Waals surface area contributed by atoms with Gasteiger partial charge in [0.2, 0.25) is 5.91 Å². The molecule has 110 valence electrons. The van der Waals surface area contributed by atoms with Crippen LogP contribution in [0, 0.1) is 0 Å². The van der Waals surface area contributed by atoms with Gasteiger partial charge < -0.3 is 11.1 Å². The fourth-order valence-corrected chi connectivity index (χ4v) is 3.84. The Labute approximate surface area is 152 Å². The van der Waals surface area contributed by atoms with Gasteiger partial charge in [0.15, 0.2) is 0 Å². The van der Waals surface area contributed by atoms with Gasteiger partial charge in [-0.2, -0.15) is 0 Å². The average Bonchev–Trinajstić information content (AvgIpc) is 2.41. The van der Waals surface area contributed by atoms with Crippen molar-refractivity contribution in [1.29, 1.82) is 0 Å². The zero-order valence-corrected chi connectivity index (χ0v) is 16.3. The third-order valence-electron chi connectivity index (χ3n) is 2.54. The van der Waals surface area contributed by atoms with E-state index in [4.69, 9.17) is 5.73 Å². The Morgan fingerprint density at radius 3 is 2.43 bits per heavy atom. The number of nitrogens with two attached hydrogens (primary N) is 1. The monoisotopic (exact) mass is 492 g/mol. The summed E-state index contributed by atoms with van der Waals surface area (Å²) in [6.07, 6.45) is 0. The van der Waals surface area contributed by atoms with Crippen molar-refractivity contribution < 1.29 is 4.79 Å². The van der Waals surface area contributed by atoms with Crippen molar-refractivity contribution in [3.63, 3.8) is 0 Å². The number of nitrogens with one attached hydrogen (secondary N) is 1. The number of anilines is 2. The van der Waals surface area contributed by atoms with Crippen molar-refractivity contribution in [3.05, 3.63) is 49.8 Å². The molecule has 21 heavy (non-hydrogen) atoms. The first-order valence-electron chi connectivity index (χ1n) is 5.88. The zero-order chi connectivity index (χ0) is 15.4. The van der Waals surface area contributed by atoms with Crippen LogP contribution in [0.5, 0.6) is 0 Å². The van der Waals surface area contributed by atoms with Crippen molar-refractivity contribution in [2.24, 2.45) is 0 Å². The van der Waals surface area contributed by atoms with Gasteiger partial charge in [-0.25, -0.2) is 0 Å². The molecule has 0 radical (unpaired) electrons. The molecule has 0 unspecified atom stereocenters. The number of hydrogen-bond donors (Lipinski definition) is 2. The van der Waals surface area contributed by atoms with Gasteiger partial charge >= 0.3 is 0 Å². The molecule has 0 fully saturated rings. The van der Waals surface area contributed by atoms with E-state index in [-0.39, 0.29) is 5.91 Å². The average molecular weight is 495 g/mol. The maximum absolute atomic E-state index is 12.0. The fraction of sp³-hybridized carbons (Fsp3) is 0.0714. The SMILES string of the molecule is Nc1cc(Br)ccc1SCC(=O)Nc1ccc(Br)cc1Br. The summed E-state index contributed by atoms with van der Waals surface area (Å²) in [5, 5.41) is 2.86. The number of thioether (sulfide) groups is 1. The predicted octanol–water partition coefficient (Wildman–Crippen LogP) is 5.29. The highest BCUT2D eigenvalue weighted by molar-refractivity contribution is 9.11. The molecule has 0 heterocycles. The van der Waals surface area contributed by atoms with E-state index in [0.717, 1.165) is 24.0 Å². The molecule has 0 aliphatic carbocycles. The minimum Gasteiger partial charge on any atom is -0.398 e. The van der Waals surface area contributed by atoms with Crippen LogP contribution < -0.4 is 11.1 Å². The molecule has 1 amide bonds. The van der Waals surface area contributed by atoms with Crippen LogP contribution in [0.4, 0.5) is 11.4 Å². The first-order chi connectivity index (χ1) is 9.95. The molecular weight excluding hydrogens is 484 g/mol. The van der Waals surface area contributed by atoms with E-state index >= 15 is 0 Å². The van der Waals surface area contributed by atoms with Gasteiger partial charge in [-0.05, 0) is 52.3 Å². The molecule has 0 aromatic heterocycles. The summed E-state index contributed by atoms with van der Waals surface area (Å²) in [4.78, 5) is 12.9. The van der Waals surface area contributed by atoms with E-state index in [9.17, 15) is 4.79 Å². The first-order valence-corrected chi connectivity index (χ1v) is 9.25. The topological polar surface area (TPSA) is 55.1 Å². The quantitative estimate of drug-likeness (QED) is 0.448. The lowest BCUT2D eigenvalue weighted by atomic mass is 10.3. The van der Waals surface area contributed by atoms with Gasteiger partial charge in [-0.15, -0.1) is 11.8 Å². The Morgan fingerprint density at radius 1 is 1.10 bits per heavy atom. The van der Waals surface area contributed by atoms with E-state index in [0.29, 0.717) is 11.4 Å². The summed E-state index contributed by atoms with van der Waals surface area (Å²) in [5.41, 5.74) is 7.31. The summed E-state index contributed by atoms with van der Waals surface area (Å²) in [5.74, 6) is 0.222. The van der Waals surface area contributed by atoms with Crippen LogP contribution in [-0.4, -0.2) is 11.7 Å². The lowest BCUT2D eigenvalue weighted by molar-refractivity contribution is -0.113. The lowest BCUT2D eigenvalue weighted by Crippen LogP contribution is -2.14. The Balaban J connectivity index is 1.96. The van der Waals surface area contributed by atoms with E-state index in [1.807, 2.05) is 36.4 Å². The van der Waals surface area contributed by atoms with Gasteiger partial charge in [0.25, 0.3) is 0 Å². The number of amides is 1. The molecule has 0 aliphatic rings. The molecule has 0 bridgehead atoms. The second kappa shape index (κ2) is 7.67. The fourth-order valence-electron chi connectivity index (χ4n) is 1.57. The van der Waals surface area contributed by atoms with E-state index in [1.165, 1.54) is 11.8 Å². The largest absolute Gasteiger partial charge is 0.398 e. The Kier molecular flexibility index (Phi) is 6.16. The van der Waals surface area contributed by atoms with Crippen LogP contribution in [0.3, 0.4) is 0 Å². The number of carbonyl (C=O) groups excluding carboxylic acids is 1. The van der Waals surface area contributed by atoms with Crippen molar-refractivity contribution in [2.45, 2.75) is 4.90 Å². The van der Waals surface area contributed by atoms with Crippen molar-refractivity contribution >= 4 is 76.8 Å². The third kappa shape index (κ3) is 5.02. The minimum absolute atomic E-state index is 0.0784. The second-order valence-electron chi connectivity index (χ2n) is 4.14. The minimum atomic E-state index is -0.0784. The standard InChI is InChI=1S/C14H11Br3N2OS/c15-8-1-3-12(10(17)5-8)19-14(20)7-21-13-4-2-9(16)6-11(13)18/h1-6H,7,18H2,(H,19,20). The molecule has 3 N–H and O–H groups in total. The maximum Gasteiger partial charge on any atom is 0.234 e. The molecule has 2 aromatic rings. The lowest BCUT2D eigenvalue weighted by Gasteiger charge is -2.09. The molecule has 3 nitrogen and oxygen atoms in total. The zero-order valence-electron chi connectivity index (χ0n) is 10.7. The first kappa shape index (κ1) is 16.9. The molecule has 7 heteroatoms. The molecule has 0 saturated heterocycles. The molecule has 0 spiro atoms. The normalized spacial score (nSPS) is 10.4. The van der Waals surface area contributed by atoms with Crippen molar-refractivity contribution in [3.8, 4) is 0 Å². The Bertz CT molecular complexity index is 679. The molecule has 2 aromatic carbocycles. The number of hydrogen-bond acceptors (Lipinski definition) is 3. The summed E-state index contributed by atoms with van der Waals surface area (Å²) < 4.78 is 2.70. The molecule has 0 aliphatic heterocycles. The van der Waals surface area contributed by atoms with E-state index in [2.05, 4.69) is 53.1 Å². The van der Waals surface area contributed by atoms with Crippen LogP contribution in [-0.2, 0) is 4.79 Å². The highest BCUT2D eigenvalue weighted by atomic mass is 79.9. The summed E-state index contributed by atoms with van der Waals surface area (Å²) in [7, 11) is 0. The van der Waals surface area contributed by atoms with Crippen LogP contribution in [0.25, 0.3) is 0 Å². The Morgan fingerprint density at radius 2 is 1.76 bits per heavy atom. The van der Waals surface area contributed by atoms with E-state index in [1.54, 1.807) is 0 Å². The van der Waals surface area contributed by atoms with Crippen molar-refractivity contribution in [2.75, 3.05) is 16.8 Å². The van der Waals surface area contributed by atoms with E-state index < -0.39 is 0 Å². The number of nitrogen functional groups attached to an aromatic ring is 1. The molecule has 0 atom stereocenters.